The molecule has 0 amide bonds. The number of hydrogen-bond donors (Lipinski definition) is 0. The van der Waals surface area contributed by atoms with Gasteiger partial charge in [0, 0.05) is 16.2 Å². The SMILES string of the molecule is CC(C)=CCOc1ccc(C(=O)C(C)P(=O)(c2ccccc2)c2ccccc2)cc1. The quantitative estimate of drug-likeness (QED) is 0.271. The molecule has 3 nitrogen and oxygen atoms in total. The fraction of sp³-hybridized carbons (Fsp3) is 0.192. The van der Waals surface area contributed by atoms with E-state index in [0.717, 1.165) is 0 Å². The lowest BCUT2D eigenvalue weighted by atomic mass is 10.1. The molecule has 3 aromatic carbocycles. The van der Waals surface area contributed by atoms with Crippen molar-refractivity contribution in [2.75, 3.05) is 6.61 Å². The van der Waals surface area contributed by atoms with Gasteiger partial charge in [0.1, 0.15) is 12.4 Å². The standard InChI is InChI=1S/C26H27O3P/c1-20(2)18-19-29-23-16-14-22(15-17-23)26(27)21(3)30(28,24-10-6-4-7-11-24)25-12-8-5-9-13-25/h4-18,21H,19H2,1-3H3. The van der Waals surface area contributed by atoms with Gasteiger partial charge in [-0.1, -0.05) is 66.2 Å². The minimum atomic E-state index is -3.17. The molecule has 30 heavy (non-hydrogen) atoms. The monoisotopic (exact) mass is 418 g/mol. The highest BCUT2D eigenvalue weighted by atomic mass is 31.2. The van der Waals surface area contributed by atoms with E-state index in [-0.39, 0.29) is 5.78 Å². The summed E-state index contributed by atoms with van der Waals surface area (Å²) in [6.45, 7) is 6.29. The molecule has 0 fully saturated rings. The molecule has 0 saturated carbocycles. The Morgan fingerprint density at radius 1 is 0.867 bits per heavy atom. The molecule has 0 aliphatic heterocycles. The number of rotatable bonds is 8. The third-order valence-electron chi connectivity index (χ3n) is 5.08. The average molecular weight is 418 g/mol. The summed E-state index contributed by atoms with van der Waals surface area (Å²) in [6.07, 6.45) is 2.00. The van der Waals surface area contributed by atoms with Crippen LogP contribution in [-0.2, 0) is 4.57 Å². The molecule has 154 valence electrons. The number of carbonyl (C=O) groups is 1. The van der Waals surface area contributed by atoms with Crippen LogP contribution in [0.4, 0.5) is 0 Å². The first-order chi connectivity index (χ1) is 14.4. The second-order valence-corrected chi connectivity index (χ2v) is 10.6. The topological polar surface area (TPSA) is 43.4 Å². The van der Waals surface area contributed by atoms with Gasteiger partial charge < -0.3 is 9.30 Å². The van der Waals surface area contributed by atoms with E-state index in [9.17, 15) is 9.36 Å². The summed E-state index contributed by atoms with van der Waals surface area (Å²) < 4.78 is 20.0. The van der Waals surface area contributed by atoms with Gasteiger partial charge >= 0.3 is 0 Å². The number of allylic oxidation sites excluding steroid dienone is 1. The number of Topliss-reactive ketones (excluding diaryl/α,β-unsaturated/α-hetero) is 1. The van der Waals surface area contributed by atoms with Crippen molar-refractivity contribution in [3.05, 3.63) is 102 Å². The molecule has 1 unspecified atom stereocenters. The van der Waals surface area contributed by atoms with Crippen LogP contribution in [0.3, 0.4) is 0 Å². The molecular formula is C26H27O3P. The van der Waals surface area contributed by atoms with Gasteiger partial charge in [-0.3, -0.25) is 4.79 Å². The van der Waals surface area contributed by atoms with E-state index in [0.29, 0.717) is 28.5 Å². The second-order valence-electron chi connectivity index (χ2n) is 7.49. The van der Waals surface area contributed by atoms with Crippen molar-refractivity contribution in [3.63, 3.8) is 0 Å². The van der Waals surface area contributed by atoms with E-state index in [1.807, 2.05) is 80.6 Å². The normalized spacial score (nSPS) is 12.1. The summed E-state index contributed by atoms with van der Waals surface area (Å²) in [7, 11) is -3.17. The van der Waals surface area contributed by atoms with E-state index < -0.39 is 12.8 Å². The highest BCUT2D eigenvalue weighted by Crippen LogP contribution is 2.49. The summed E-state index contributed by atoms with van der Waals surface area (Å²) >= 11 is 0. The first-order valence-corrected chi connectivity index (χ1v) is 11.8. The van der Waals surface area contributed by atoms with Crippen LogP contribution in [0.1, 0.15) is 31.1 Å². The van der Waals surface area contributed by atoms with Gasteiger partial charge in [-0.25, -0.2) is 0 Å². The maximum absolute atomic E-state index is 14.4. The summed E-state index contributed by atoms with van der Waals surface area (Å²) in [5.41, 5.74) is 1.04. The maximum atomic E-state index is 14.4. The van der Waals surface area contributed by atoms with Gasteiger partial charge in [0.05, 0.1) is 5.66 Å². The highest BCUT2D eigenvalue weighted by Gasteiger charge is 2.38. The van der Waals surface area contributed by atoms with Crippen LogP contribution in [0.5, 0.6) is 5.75 Å². The molecule has 3 rings (SSSR count). The fourth-order valence-electron chi connectivity index (χ4n) is 3.32. The van der Waals surface area contributed by atoms with Crippen molar-refractivity contribution < 1.29 is 14.1 Å². The molecular weight excluding hydrogens is 391 g/mol. The van der Waals surface area contributed by atoms with Gasteiger partial charge in [-0.05, 0) is 51.1 Å². The fourth-order valence-corrected chi connectivity index (χ4v) is 6.22. The Bertz CT molecular complexity index is 1010. The maximum Gasteiger partial charge on any atom is 0.173 e. The summed E-state index contributed by atoms with van der Waals surface area (Å²) in [5.74, 6) is 0.563. The molecule has 0 aromatic heterocycles. The molecule has 0 radical (unpaired) electrons. The van der Waals surface area contributed by atoms with E-state index in [4.69, 9.17) is 4.74 Å². The van der Waals surface area contributed by atoms with Crippen LogP contribution >= 0.6 is 7.14 Å². The molecule has 0 aliphatic carbocycles. The van der Waals surface area contributed by atoms with Crippen LogP contribution in [0, 0.1) is 0 Å². The van der Waals surface area contributed by atoms with E-state index >= 15 is 0 Å². The number of hydrogen-bond acceptors (Lipinski definition) is 3. The Morgan fingerprint density at radius 3 is 1.83 bits per heavy atom. The third-order valence-corrected chi connectivity index (χ3v) is 8.54. The largest absolute Gasteiger partial charge is 0.490 e. The molecule has 0 N–H and O–H groups in total. The average Bonchev–Trinajstić information content (AvgIpc) is 2.79. The smallest absolute Gasteiger partial charge is 0.173 e. The zero-order valence-corrected chi connectivity index (χ0v) is 18.5. The number of carbonyl (C=O) groups excluding carboxylic acids is 1. The number of benzene rings is 3. The first-order valence-electron chi connectivity index (χ1n) is 10.0. The van der Waals surface area contributed by atoms with Crippen molar-refractivity contribution >= 4 is 23.5 Å². The minimum Gasteiger partial charge on any atom is -0.490 e. The van der Waals surface area contributed by atoms with Crippen LogP contribution in [0.25, 0.3) is 0 Å². The molecule has 0 heterocycles. The van der Waals surface area contributed by atoms with Gasteiger partial charge in [-0.15, -0.1) is 0 Å². The molecule has 3 aromatic rings. The predicted octanol–water partition coefficient (Wildman–Crippen LogP) is 5.62. The van der Waals surface area contributed by atoms with Crippen molar-refractivity contribution in [1.29, 1.82) is 0 Å². The number of ketones is 1. The lowest BCUT2D eigenvalue weighted by molar-refractivity contribution is 0.0991. The highest BCUT2D eigenvalue weighted by molar-refractivity contribution is 7.80. The zero-order chi connectivity index (χ0) is 21.6. The van der Waals surface area contributed by atoms with E-state index in [1.54, 1.807) is 31.2 Å². The van der Waals surface area contributed by atoms with Crippen LogP contribution < -0.4 is 15.3 Å². The van der Waals surface area contributed by atoms with Crippen molar-refractivity contribution in [1.82, 2.24) is 0 Å². The Hall–Kier alpha value is -2.90. The van der Waals surface area contributed by atoms with Gasteiger partial charge in [0.15, 0.2) is 12.9 Å². The van der Waals surface area contributed by atoms with Crippen molar-refractivity contribution in [2.45, 2.75) is 26.4 Å². The molecule has 0 saturated heterocycles. The van der Waals surface area contributed by atoms with Crippen molar-refractivity contribution in [3.8, 4) is 5.75 Å². The van der Waals surface area contributed by atoms with Crippen molar-refractivity contribution in [2.24, 2.45) is 0 Å². The minimum absolute atomic E-state index is 0.137. The molecule has 0 bridgehead atoms. The first kappa shape index (κ1) is 21.8. The summed E-state index contributed by atoms with van der Waals surface area (Å²) in [5, 5.41) is 1.39. The lowest BCUT2D eigenvalue weighted by Gasteiger charge is -2.25. The predicted molar refractivity (Wildman–Crippen MR) is 125 cm³/mol. The zero-order valence-electron chi connectivity index (χ0n) is 17.6. The Morgan fingerprint density at radius 2 is 1.37 bits per heavy atom. The Balaban J connectivity index is 1.90. The van der Waals surface area contributed by atoms with Crippen LogP contribution in [-0.4, -0.2) is 18.0 Å². The molecule has 0 spiro atoms. The van der Waals surface area contributed by atoms with Gasteiger partial charge in [0.2, 0.25) is 0 Å². The lowest BCUT2D eigenvalue weighted by Crippen LogP contribution is -2.29. The number of ether oxygens (including phenoxy) is 1. The molecule has 4 heteroatoms. The van der Waals surface area contributed by atoms with E-state index in [1.165, 1.54) is 5.57 Å². The van der Waals surface area contributed by atoms with Crippen LogP contribution in [0.2, 0.25) is 0 Å². The summed E-state index contributed by atoms with van der Waals surface area (Å²) in [4.78, 5) is 13.3. The van der Waals surface area contributed by atoms with Gasteiger partial charge in [-0.2, -0.15) is 0 Å². The van der Waals surface area contributed by atoms with E-state index in [2.05, 4.69) is 0 Å². The van der Waals surface area contributed by atoms with Crippen LogP contribution in [0.15, 0.2) is 96.6 Å². The Kier molecular flexibility index (Phi) is 7.07. The van der Waals surface area contributed by atoms with Gasteiger partial charge in [0.25, 0.3) is 0 Å². The second kappa shape index (κ2) is 9.73. The molecule has 0 aliphatic rings. The molecule has 1 atom stereocenters. The Labute approximate surface area is 178 Å². The summed E-state index contributed by atoms with van der Waals surface area (Å²) in [6, 6.07) is 25.7. The third kappa shape index (κ3) is 4.80.